The summed E-state index contributed by atoms with van der Waals surface area (Å²) in [5, 5.41) is 0.940. The summed E-state index contributed by atoms with van der Waals surface area (Å²) in [6.07, 6.45) is 2.94. The van der Waals surface area contributed by atoms with Crippen molar-refractivity contribution >= 4 is 16.9 Å². The minimum Gasteiger partial charge on any atom is -0.288 e. The van der Waals surface area contributed by atoms with Gasteiger partial charge in [0.05, 0.1) is 6.04 Å². The summed E-state index contributed by atoms with van der Waals surface area (Å²) in [4.78, 5) is 13.4. The zero-order chi connectivity index (χ0) is 7.84. The summed E-state index contributed by atoms with van der Waals surface area (Å²) in [5.41, 5.74) is 0. The fourth-order valence-electron chi connectivity index (χ4n) is 1.80. The smallest absolute Gasteiger partial charge is 0.206 e. The molecule has 0 N–H and O–H groups in total. The second kappa shape index (κ2) is 2.64. The van der Waals surface area contributed by atoms with Crippen LogP contribution in [-0.2, 0) is 4.79 Å². The molecule has 3 heteroatoms. The van der Waals surface area contributed by atoms with Crippen molar-refractivity contribution in [3.8, 4) is 0 Å². The molecular weight excluding hydrogens is 158 g/mol. The Kier molecular flexibility index (Phi) is 1.77. The van der Waals surface area contributed by atoms with E-state index in [-0.39, 0.29) is 6.04 Å². The van der Waals surface area contributed by atoms with Crippen LogP contribution in [0.2, 0.25) is 0 Å². The number of rotatable bonds is 2. The van der Waals surface area contributed by atoms with Crippen LogP contribution < -0.4 is 0 Å². The van der Waals surface area contributed by atoms with Gasteiger partial charge < -0.3 is 0 Å². The molecule has 60 valence electrons. The first-order chi connectivity index (χ1) is 5.31. The summed E-state index contributed by atoms with van der Waals surface area (Å²) in [5.74, 6) is 0. The highest BCUT2D eigenvalue weighted by Gasteiger charge is 2.44. The highest BCUT2D eigenvalue weighted by molar-refractivity contribution is 8.14. The van der Waals surface area contributed by atoms with Gasteiger partial charge in [0.15, 0.2) is 0 Å². The molecule has 11 heavy (non-hydrogen) atoms. The topological polar surface area (TPSA) is 20.3 Å². The van der Waals surface area contributed by atoms with Gasteiger partial charge in [0.25, 0.3) is 0 Å². The zero-order valence-electron chi connectivity index (χ0n) is 6.32. The van der Waals surface area contributed by atoms with E-state index >= 15 is 0 Å². The van der Waals surface area contributed by atoms with Crippen LogP contribution in [0.25, 0.3) is 0 Å². The van der Waals surface area contributed by atoms with Crippen LogP contribution in [0.3, 0.4) is 0 Å². The maximum absolute atomic E-state index is 11.2. The first kappa shape index (κ1) is 7.37. The number of carbonyl (C=O) groups excluding carboxylic acids is 1. The average Bonchev–Trinajstić information content (AvgIpc) is 2.46. The molecule has 2 rings (SSSR count). The van der Waals surface area contributed by atoms with E-state index in [2.05, 4.69) is 11.5 Å². The van der Waals surface area contributed by atoms with Crippen LogP contribution in [0.15, 0.2) is 12.7 Å². The van der Waals surface area contributed by atoms with Gasteiger partial charge in [0.2, 0.25) is 5.12 Å². The Labute approximate surface area is 70.6 Å². The molecule has 0 aromatic rings. The number of fused-ring (bicyclic) bond motifs is 2. The lowest BCUT2D eigenvalue weighted by Gasteiger charge is -2.23. The highest BCUT2D eigenvalue weighted by Crippen LogP contribution is 2.38. The third-order valence-corrected chi connectivity index (χ3v) is 3.46. The summed E-state index contributed by atoms with van der Waals surface area (Å²) in [6.45, 7) is 5.62. The molecule has 0 saturated carbocycles. The van der Waals surface area contributed by atoms with Gasteiger partial charge in [-0.25, -0.2) is 0 Å². The van der Waals surface area contributed by atoms with Gasteiger partial charge in [-0.15, -0.1) is 6.58 Å². The highest BCUT2D eigenvalue weighted by atomic mass is 32.2. The quantitative estimate of drug-likeness (QED) is 0.573. The molecule has 2 saturated heterocycles. The fourth-order valence-corrected chi connectivity index (χ4v) is 3.08. The third-order valence-electron chi connectivity index (χ3n) is 2.28. The van der Waals surface area contributed by atoms with Gasteiger partial charge in [0.1, 0.15) is 0 Å². The van der Waals surface area contributed by atoms with Crippen molar-refractivity contribution in [3.63, 3.8) is 0 Å². The van der Waals surface area contributed by atoms with Crippen molar-refractivity contribution in [2.75, 3.05) is 13.1 Å². The van der Waals surface area contributed by atoms with E-state index in [0.29, 0.717) is 10.4 Å². The Morgan fingerprint density at radius 2 is 2.64 bits per heavy atom. The lowest BCUT2D eigenvalue weighted by Crippen LogP contribution is -2.36. The summed E-state index contributed by atoms with van der Waals surface area (Å²) < 4.78 is 0. The molecule has 0 aromatic heterocycles. The fraction of sp³-hybridized carbons (Fsp3) is 0.625. The van der Waals surface area contributed by atoms with Gasteiger partial charge in [0, 0.05) is 18.3 Å². The van der Waals surface area contributed by atoms with E-state index < -0.39 is 0 Å². The van der Waals surface area contributed by atoms with Gasteiger partial charge in [-0.05, 0) is 6.42 Å². The van der Waals surface area contributed by atoms with Crippen molar-refractivity contribution in [1.82, 2.24) is 4.90 Å². The van der Waals surface area contributed by atoms with Crippen LogP contribution >= 0.6 is 11.8 Å². The zero-order valence-corrected chi connectivity index (χ0v) is 7.14. The van der Waals surface area contributed by atoms with Crippen LogP contribution in [0.5, 0.6) is 0 Å². The average molecular weight is 169 g/mol. The van der Waals surface area contributed by atoms with Crippen LogP contribution in [0, 0.1) is 0 Å². The summed E-state index contributed by atoms with van der Waals surface area (Å²) >= 11 is 1.53. The molecule has 0 radical (unpaired) electrons. The second-order valence-corrected chi connectivity index (χ2v) is 4.36. The monoisotopic (exact) mass is 169 g/mol. The maximum Gasteiger partial charge on any atom is 0.206 e. The van der Waals surface area contributed by atoms with Gasteiger partial charge in [-0.2, -0.15) is 0 Å². The summed E-state index contributed by atoms with van der Waals surface area (Å²) in [7, 11) is 0. The SMILES string of the molecule is C=CCN1C[C@@H]2C[C@H]1C(=O)S2. The Morgan fingerprint density at radius 1 is 1.82 bits per heavy atom. The Balaban J connectivity index is 2.06. The van der Waals surface area contributed by atoms with Gasteiger partial charge in [-0.3, -0.25) is 9.69 Å². The Hall–Kier alpha value is -0.280. The van der Waals surface area contributed by atoms with Crippen LogP contribution in [0.4, 0.5) is 0 Å². The van der Waals surface area contributed by atoms with Crippen LogP contribution in [0.1, 0.15) is 6.42 Å². The summed E-state index contributed by atoms with van der Waals surface area (Å²) in [6, 6.07) is 0.211. The molecular formula is C8H11NOS. The molecule has 0 aromatic carbocycles. The molecule has 2 atom stereocenters. The van der Waals surface area contributed by atoms with Gasteiger partial charge >= 0.3 is 0 Å². The van der Waals surface area contributed by atoms with Crippen LogP contribution in [-0.4, -0.2) is 34.4 Å². The van der Waals surface area contributed by atoms with Crippen molar-refractivity contribution in [3.05, 3.63) is 12.7 Å². The Bertz CT molecular complexity index is 204. The third kappa shape index (κ3) is 1.12. The van der Waals surface area contributed by atoms with E-state index in [0.717, 1.165) is 19.5 Å². The lowest BCUT2D eigenvalue weighted by molar-refractivity contribution is -0.114. The molecule has 2 aliphatic rings. The van der Waals surface area contributed by atoms with Crippen molar-refractivity contribution in [2.45, 2.75) is 17.7 Å². The first-order valence-corrected chi connectivity index (χ1v) is 4.74. The minimum atomic E-state index is 0.211. The van der Waals surface area contributed by atoms with E-state index in [1.165, 1.54) is 11.8 Å². The molecule has 2 bridgehead atoms. The lowest BCUT2D eigenvalue weighted by atomic mass is 10.2. The number of hydrogen-bond donors (Lipinski definition) is 0. The van der Waals surface area contributed by atoms with Crippen molar-refractivity contribution in [1.29, 1.82) is 0 Å². The normalized spacial score (nSPS) is 36.5. The second-order valence-electron chi connectivity index (χ2n) is 3.05. The molecule has 0 amide bonds. The number of likely N-dealkylation sites (tertiary alicyclic amines) is 1. The van der Waals surface area contributed by atoms with Gasteiger partial charge in [-0.1, -0.05) is 17.8 Å². The predicted molar refractivity (Wildman–Crippen MR) is 46.6 cm³/mol. The Morgan fingerprint density at radius 3 is 3.18 bits per heavy atom. The van der Waals surface area contributed by atoms with Crippen molar-refractivity contribution in [2.24, 2.45) is 0 Å². The van der Waals surface area contributed by atoms with Crippen molar-refractivity contribution < 1.29 is 4.79 Å². The molecule has 2 heterocycles. The molecule has 0 unspecified atom stereocenters. The standard InChI is InChI=1S/C8H11NOS/c1-2-3-9-5-6-4-7(9)8(10)11-6/h2,6-7H,1,3-5H2/t6-,7-/m0/s1. The molecule has 2 aliphatic heterocycles. The maximum atomic E-state index is 11.2. The van der Waals surface area contributed by atoms with E-state index in [1.54, 1.807) is 0 Å². The molecule has 2 nitrogen and oxygen atoms in total. The molecule has 0 aliphatic carbocycles. The number of carbonyl (C=O) groups is 1. The number of nitrogens with zero attached hydrogens (tertiary/aromatic N) is 1. The number of hydrogen-bond acceptors (Lipinski definition) is 3. The van der Waals surface area contributed by atoms with E-state index in [4.69, 9.17) is 0 Å². The predicted octanol–water partition coefficient (Wildman–Crippen LogP) is 0.889. The molecule has 0 spiro atoms. The number of thioether (sulfide) groups is 1. The van der Waals surface area contributed by atoms with E-state index in [9.17, 15) is 4.79 Å². The first-order valence-electron chi connectivity index (χ1n) is 3.86. The minimum absolute atomic E-state index is 0.211. The van der Waals surface area contributed by atoms with E-state index in [1.807, 2.05) is 6.08 Å². The molecule has 2 fully saturated rings. The largest absolute Gasteiger partial charge is 0.288 e.